The number of carbonyl (C=O) groups is 1. The molecule has 0 fully saturated rings. The van der Waals surface area contributed by atoms with E-state index in [0.717, 1.165) is 24.0 Å². The average molecular weight is 279 g/mol. The molecule has 0 amide bonds. The van der Waals surface area contributed by atoms with E-state index in [2.05, 4.69) is 19.2 Å². The second-order valence-electron chi connectivity index (χ2n) is 5.16. The van der Waals surface area contributed by atoms with Gasteiger partial charge in [-0.1, -0.05) is 51.0 Å². The Morgan fingerprint density at radius 1 is 1.15 bits per heavy atom. The minimum atomic E-state index is -0.816. The lowest BCUT2D eigenvalue weighted by molar-refractivity contribution is -0.136. The van der Waals surface area contributed by atoms with Gasteiger partial charge >= 0.3 is 5.97 Å². The molecule has 1 unspecified atom stereocenters. The van der Waals surface area contributed by atoms with E-state index >= 15 is 0 Å². The third-order valence-corrected chi connectivity index (χ3v) is 3.65. The molecule has 0 aliphatic heterocycles. The zero-order chi connectivity index (χ0) is 15.0. The molecule has 0 radical (unpaired) electrons. The summed E-state index contributed by atoms with van der Waals surface area (Å²) in [5, 5.41) is 21.9. The first-order chi connectivity index (χ1) is 9.56. The van der Waals surface area contributed by atoms with E-state index in [1.807, 2.05) is 24.3 Å². The molecule has 1 atom stereocenters. The van der Waals surface area contributed by atoms with Crippen molar-refractivity contribution >= 4 is 5.97 Å². The Bertz CT molecular complexity index is 399. The first-order valence-electron chi connectivity index (χ1n) is 7.25. The van der Waals surface area contributed by atoms with Gasteiger partial charge in [-0.25, -0.2) is 0 Å². The van der Waals surface area contributed by atoms with E-state index in [-0.39, 0.29) is 12.5 Å². The van der Waals surface area contributed by atoms with Crippen LogP contribution < -0.4 is 5.32 Å². The molecule has 0 aliphatic rings. The number of benzene rings is 1. The standard InChI is InChI=1S/C16H25NO3/c1-3-14(4-2)15(18)11-17-10-13-7-5-12(6-8-13)9-16(19)20/h5-8,14-15,17-18H,3-4,9-11H2,1-2H3,(H,19,20). The molecule has 112 valence electrons. The van der Waals surface area contributed by atoms with Crippen LogP contribution in [0.25, 0.3) is 0 Å². The van der Waals surface area contributed by atoms with E-state index in [0.29, 0.717) is 19.0 Å². The van der Waals surface area contributed by atoms with Crippen LogP contribution in [0.2, 0.25) is 0 Å². The predicted molar refractivity (Wildman–Crippen MR) is 79.6 cm³/mol. The number of nitrogens with one attached hydrogen (secondary N) is 1. The average Bonchev–Trinajstić information content (AvgIpc) is 2.41. The van der Waals surface area contributed by atoms with Gasteiger partial charge in [0.1, 0.15) is 0 Å². The van der Waals surface area contributed by atoms with Crippen molar-refractivity contribution in [3.8, 4) is 0 Å². The van der Waals surface area contributed by atoms with Crippen LogP contribution in [-0.4, -0.2) is 28.8 Å². The van der Waals surface area contributed by atoms with E-state index in [9.17, 15) is 9.90 Å². The summed E-state index contributed by atoms with van der Waals surface area (Å²) in [6.07, 6.45) is 1.73. The minimum Gasteiger partial charge on any atom is -0.481 e. The number of aliphatic hydroxyl groups excluding tert-OH is 1. The molecule has 0 aromatic heterocycles. The molecule has 20 heavy (non-hydrogen) atoms. The third kappa shape index (κ3) is 5.72. The van der Waals surface area contributed by atoms with Crippen LogP contribution in [0, 0.1) is 5.92 Å². The quantitative estimate of drug-likeness (QED) is 0.648. The largest absolute Gasteiger partial charge is 0.481 e. The van der Waals surface area contributed by atoms with Gasteiger partial charge in [0.25, 0.3) is 0 Å². The van der Waals surface area contributed by atoms with Gasteiger partial charge < -0.3 is 15.5 Å². The van der Waals surface area contributed by atoms with Gasteiger partial charge in [-0.2, -0.15) is 0 Å². The Labute approximate surface area is 120 Å². The molecule has 0 bridgehead atoms. The van der Waals surface area contributed by atoms with Crippen molar-refractivity contribution in [3.05, 3.63) is 35.4 Å². The summed E-state index contributed by atoms with van der Waals surface area (Å²) in [5.74, 6) is -0.468. The molecule has 1 aromatic carbocycles. The van der Waals surface area contributed by atoms with Gasteiger partial charge in [0.15, 0.2) is 0 Å². The van der Waals surface area contributed by atoms with Crippen LogP contribution in [0.3, 0.4) is 0 Å². The highest BCUT2D eigenvalue weighted by atomic mass is 16.4. The first-order valence-corrected chi connectivity index (χ1v) is 7.25. The zero-order valence-corrected chi connectivity index (χ0v) is 12.3. The van der Waals surface area contributed by atoms with E-state index in [1.165, 1.54) is 0 Å². The summed E-state index contributed by atoms with van der Waals surface area (Å²) in [5.41, 5.74) is 1.90. The zero-order valence-electron chi connectivity index (χ0n) is 12.3. The van der Waals surface area contributed by atoms with Crippen molar-refractivity contribution in [2.45, 2.75) is 45.8 Å². The molecule has 4 nitrogen and oxygen atoms in total. The molecule has 1 rings (SSSR count). The maximum Gasteiger partial charge on any atom is 0.307 e. The Balaban J connectivity index is 2.36. The molecule has 0 saturated heterocycles. The van der Waals surface area contributed by atoms with Gasteiger partial charge in [-0.15, -0.1) is 0 Å². The predicted octanol–water partition coefficient (Wildman–Crippen LogP) is 2.20. The van der Waals surface area contributed by atoms with Gasteiger partial charge in [-0.3, -0.25) is 4.79 Å². The number of rotatable bonds is 9. The monoisotopic (exact) mass is 279 g/mol. The molecule has 4 heteroatoms. The van der Waals surface area contributed by atoms with Crippen LogP contribution in [0.5, 0.6) is 0 Å². The number of hydrogen-bond donors (Lipinski definition) is 3. The highest BCUT2D eigenvalue weighted by molar-refractivity contribution is 5.70. The van der Waals surface area contributed by atoms with Gasteiger partial charge in [0.05, 0.1) is 12.5 Å². The lowest BCUT2D eigenvalue weighted by Gasteiger charge is -2.20. The first kappa shape index (κ1) is 16.7. The maximum atomic E-state index is 10.6. The fraction of sp³-hybridized carbons (Fsp3) is 0.562. The summed E-state index contributed by atoms with van der Waals surface area (Å²) in [7, 11) is 0. The molecular formula is C16H25NO3. The number of carboxylic acid groups (broad SMARTS) is 1. The Kier molecular flexibility index (Phi) is 7.26. The molecular weight excluding hydrogens is 254 g/mol. The van der Waals surface area contributed by atoms with Crippen molar-refractivity contribution in [1.82, 2.24) is 5.32 Å². The van der Waals surface area contributed by atoms with Crippen LogP contribution in [0.15, 0.2) is 24.3 Å². The summed E-state index contributed by atoms with van der Waals surface area (Å²) in [6.45, 7) is 5.46. The summed E-state index contributed by atoms with van der Waals surface area (Å²) in [6, 6.07) is 7.52. The summed E-state index contributed by atoms with van der Waals surface area (Å²) in [4.78, 5) is 10.6. The highest BCUT2D eigenvalue weighted by Crippen LogP contribution is 2.12. The fourth-order valence-electron chi connectivity index (χ4n) is 2.31. The number of hydrogen-bond acceptors (Lipinski definition) is 3. The Hall–Kier alpha value is -1.39. The van der Waals surface area contributed by atoms with Crippen molar-refractivity contribution in [2.75, 3.05) is 6.54 Å². The smallest absolute Gasteiger partial charge is 0.307 e. The van der Waals surface area contributed by atoms with Gasteiger partial charge in [0.2, 0.25) is 0 Å². The topological polar surface area (TPSA) is 69.6 Å². The number of aliphatic hydroxyl groups is 1. The fourth-order valence-corrected chi connectivity index (χ4v) is 2.31. The second kappa shape index (κ2) is 8.72. The van der Waals surface area contributed by atoms with Gasteiger partial charge in [0, 0.05) is 13.1 Å². The van der Waals surface area contributed by atoms with Crippen LogP contribution in [0.1, 0.15) is 37.8 Å². The summed E-state index contributed by atoms with van der Waals surface area (Å²) < 4.78 is 0. The normalized spacial score (nSPS) is 12.6. The van der Waals surface area contributed by atoms with Crippen LogP contribution in [-0.2, 0) is 17.8 Å². The van der Waals surface area contributed by atoms with Crippen LogP contribution in [0.4, 0.5) is 0 Å². The maximum absolute atomic E-state index is 10.6. The molecule has 0 spiro atoms. The second-order valence-corrected chi connectivity index (χ2v) is 5.16. The van der Waals surface area contributed by atoms with Crippen molar-refractivity contribution in [1.29, 1.82) is 0 Å². The van der Waals surface area contributed by atoms with Gasteiger partial charge in [-0.05, 0) is 17.0 Å². The van der Waals surface area contributed by atoms with E-state index in [4.69, 9.17) is 5.11 Å². The highest BCUT2D eigenvalue weighted by Gasteiger charge is 2.14. The number of carboxylic acids is 1. The molecule has 0 saturated carbocycles. The van der Waals surface area contributed by atoms with Crippen molar-refractivity contribution < 1.29 is 15.0 Å². The molecule has 1 aromatic rings. The summed E-state index contributed by atoms with van der Waals surface area (Å²) >= 11 is 0. The third-order valence-electron chi connectivity index (χ3n) is 3.65. The van der Waals surface area contributed by atoms with Crippen molar-refractivity contribution in [3.63, 3.8) is 0 Å². The SMILES string of the molecule is CCC(CC)C(O)CNCc1ccc(CC(=O)O)cc1. The van der Waals surface area contributed by atoms with E-state index in [1.54, 1.807) is 0 Å². The van der Waals surface area contributed by atoms with E-state index < -0.39 is 5.97 Å². The molecule has 0 aliphatic carbocycles. The Morgan fingerprint density at radius 3 is 2.20 bits per heavy atom. The Morgan fingerprint density at radius 2 is 1.70 bits per heavy atom. The molecule has 3 N–H and O–H groups in total. The lowest BCUT2D eigenvalue weighted by atomic mass is 9.96. The number of aliphatic carboxylic acids is 1. The van der Waals surface area contributed by atoms with Crippen LogP contribution >= 0.6 is 0 Å². The molecule has 0 heterocycles. The minimum absolute atomic E-state index is 0.0566. The van der Waals surface area contributed by atoms with Crippen molar-refractivity contribution in [2.24, 2.45) is 5.92 Å². The lowest BCUT2D eigenvalue weighted by Crippen LogP contribution is -2.32.